The fourth-order valence-corrected chi connectivity index (χ4v) is 2.90. The first-order chi connectivity index (χ1) is 9.69. The Kier molecular flexibility index (Phi) is 5.77. The summed E-state index contributed by atoms with van der Waals surface area (Å²) in [6.45, 7) is 0. The van der Waals surface area contributed by atoms with E-state index in [2.05, 4.69) is 0 Å². The van der Waals surface area contributed by atoms with Crippen LogP contribution in [0.25, 0.3) is 0 Å². The molecule has 1 atom stereocenters. The third-order valence-electron chi connectivity index (χ3n) is 2.94. The van der Waals surface area contributed by atoms with Gasteiger partial charge in [-0.3, -0.25) is 0 Å². The van der Waals surface area contributed by atoms with E-state index in [-0.39, 0.29) is 0 Å². The summed E-state index contributed by atoms with van der Waals surface area (Å²) >= 11 is 7.54. The Labute approximate surface area is 128 Å². The van der Waals surface area contributed by atoms with Crippen LogP contribution in [0.2, 0.25) is 5.02 Å². The molecule has 0 bridgehead atoms. The molecule has 1 unspecified atom stereocenters. The third kappa shape index (κ3) is 4.44. The van der Waals surface area contributed by atoms with E-state index in [0.29, 0.717) is 5.75 Å². The van der Waals surface area contributed by atoms with E-state index in [1.165, 1.54) is 5.56 Å². The number of aliphatic hydroxyl groups excluding tert-OH is 1. The molecule has 0 fully saturated rings. The molecule has 0 radical (unpaired) electrons. The van der Waals surface area contributed by atoms with Crippen LogP contribution in [0.1, 0.15) is 17.2 Å². The normalized spacial score (nSPS) is 12.2. The molecule has 2 nitrogen and oxygen atoms in total. The third-order valence-corrected chi connectivity index (χ3v) is 4.28. The molecule has 0 saturated heterocycles. The van der Waals surface area contributed by atoms with Crippen molar-refractivity contribution < 1.29 is 9.84 Å². The Morgan fingerprint density at radius 3 is 2.65 bits per heavy atom. The molecular weight excluding hydrogens is 292 g/mol. The number of rotatable bonds is 6. The molecular formula is C16H17ClO2S. The number of ether oxygens (including phenoxy) is 1. The smallest absolute Gasteiger partial charge is 0.119 e. The largest absolute Gasteiger partial charge is 0.497 e. The highest BCUT2D eigenvalue weighted by atomic mass is 35.5. The van der Waals surface area contributed by atoms with Crippen molar-refractivity contribution in [1.29, 1.82) is 0 Å². The quantitative estimate of drug-likeness (QED) is 0.862. The van der Waals surface area contributed by atoms with Gasteiger partial charge in [0.2, 0.25) is 0 Å². The van der Waals surface area contributed by atoms with Gasteiger partial charge < -0.3 is 9.84 Å². The molecule has 0 saturated carbocycles. The van der Waals surface area contributed by atoms with E-state index in [0.717, 1.165) is 22.1 Å². The Morgan fingerprint density at radius 2 is 1.95 bits per heavy atom. The van der Waals surface area contributed by atoms with Crippen LogP contribution < -0.4 is 4.74 Å². The van der Waals surface area contributed by atoms with Gasteiger partial charge in [0, 0.05) is 16.5 Å². The minimum atomic E-state index is -0.484. The Morgan fingerprint density at radius 1 is 1.20 bits per heavy atom. The Bertz CT molecular complexity index is 542. The van der Waals surface area contributed by atoms with Crippen LogP contribution in [0, 0.1) is 0 Å². The number of aliphatic hydroxyl groups is 1. The summed E-state index contributed by atoms with van der Waals surface area (Å²) < 4.78 is 5.16. The van der Waals surface area contributed by atoms with Crippen LogP contribution in [-0.2, 0) is 5.75 Å². The Balaban J connectivity index is 1.85. The molecule has 0 aliphatic rings. The summed E-state index contributed by atoms with van der Waals surface area (Å²) in [4.78, 5) is 0. The first-order valence-electron chi connectivity index (χ1n) is 6.33. The lowest BCUT2D eigenvalue weighted by Gasteiger charge is -2.12. The number of methoxy groups -OCH3 is 1. The van der Waals surface area contributed by atoms with E-state index in [4.69, 9.17) is 16.3 Å². The van der Waals surface area contributed by atoms with Crippen molar-refractivity contribution >= 4 is 23.4 Å². The molecule has 106 valence electrons. The van der Waals surface area contributed by atoms with Gasteiger partial charge in [-0.15, -0.1) is 0 Å². The average molecular weight is 309 g/mol. The van der Waals surface area contributed by atoms with E-state index in [1.807, 2.05) is 48.5 Å². The number of thioether (sulfide) groups is 1. The first-order valence-corrected chi connectivity index (χ1v) is 7.86. The van der Waals surface area contributed by atoms with Crippen molar-refractivity contribution in [2.45, 2.75) is 11.9 Å². The van der Waals surface area contributed by atoms with Crippen molar-refractivity contribution in [1.82, 2.24) is 0 Å². The molecule has 0 aliphatic heterocycles. The number of benzene rings is 2. The van der Waals surface area contributed by atoms with E-state index in [1.54, 1.807) is 18.9 Å². The van der Waals surface area contributed by atoms with E-state index in [9.17, 15) is 5.11 Å². The lowest BCUT2D eigenvalue weighted by Crippen LogP contribution is -2.01. The summed E-state index contributed by atoms with van der Waals surface area (Å²) in [6.07, 6.45) is -0.484. The number of halogens is 1. The zero-order chi connectivity index (χ0) is 14.4. The van der Waals surface area contributed by atoms with Crippen molar-refractivity contribution in [3.63, 3.8) is 0 Å². The predicted molar refractivity (Wildman–Crippen MR) is 85.6 cm³/mol. The van der Waals surface area contributed by atoms with Gasteiger partial charge >= 0.3 is 0 Å². The molecule has 0 amide bonds. The zero-order valence-corrected chi connectivity index (χ0v) is 12.8. The molecule has 1 N–H and O–H groups in total. The molecule has 0 heterocycles. The summed E-state index contributed by atoms with van der Waals surface area (Å²) in [6, 6.07) is 15.3. The lowest BCUT2D eigenvalue weighted by atomic mass is 10.1. The standard InChI is InChI=1S/C16H17ClO2S/c1-19-15-4-2-3-13(9-15)16(18)11-20-10-12-5-7-14(17)8-6-12/h2-9,16,18H,10-11H2,1H3. The Hall–Kier alpha value is -1.16. The van der Waals surface area contributed by atoms with Crippen LogP contribution in [0.3, 0.4) is 0 Å². The number of hydrogen-bond acceptors (Lipinski definition) is 3. The molecule has 20 heavy (non-hydrogen) atoms. The maximum Gasteiger partial charge on any atom is 0.119 e. The molecule has 0 aromatic heterocycles. The summed E-state index contributed by atoms with van der Waals surface area (Å²) in [5, 5.41) is 10.9. The zero-order valence-electron chi connectivity index (χ0n) is 11.3. The van der Waals surface area contributed by atoms with E-state index >= 15 is 0 Å². The minimum absolute atomic E-state index is 0.484. The fourth-order valence-electron chi connectivity index (χ4n) is 1.81. The highest BCUT2D eigenvalue weighted by molar-refractivity contribution is 7.98. The van der Waals surface area contributed by atoms with Gasteiger partial charge in [-0.25, -0.2) is 0 Å². The van der Waals surface area contributed by atoms with Gasteiger partial charge in [0.1, 0.15) is 5.75 Å². The van der Waals surface area contributed by atoms with Gasteiger partial charge in [-0.05, 0) is 35.4 Å². The van der Waals surface area contributed by atoms with E-state index < -0.39 is 6.10 Å². The van der Waals surface area contributed by atoms with Gasteiger partial charge in [-0.2, -0.15) is 11.8 Å². The molecule has 4 heteroatoms. The van der Waals surface area contributed by atoms with Crippen LogP contribution >= 0.6 is 23.4 Å². The average Bonchev–Trinajstić information content (AvgIpc) is 2.49. The molecule has 0 aliphatic carbocycles. The highest BCUT2D eigenvalue weighted by Gasteiger charge is 2.08. The van der Waals surface area contributed by atoms with Crippen LogP contribution in [0.15, 0.2) is 48.5 Å². The van der Waals surface area contributed by atoms with Gasteiger partial charge in [0.25, 0.3) is 0 Å². The topological polar surface area (TPSA) is 29.5 Å². The van der Waals surface area contributed by atoms with Crippen molar-refractivity contribution in [3.05, 3.63) is 64.7 Å². The highest BCUT2D eigenvalue weighted by Crippen LogP contribution is 2.24. The molecule has 2 rings (SSSR count). The van der Waals surface area contributed by atoms with Gasteiger partial charge in [-0.1, -0.05) is 35.9 Å². The second-order valence-electron chi connectivity index (χ2n) is 4.43. The van der Waals surface area contributed by atoms with Crippen molar-refractivity contribution in [2.75, 3.05) is 12.9 Å². The SMILES string of the molecule is COc1cccc(C(O)CSCc2ccc(Cl)cc2)c1. The maximum absolute atomic E-state index is 10.2. The molecule has 0 spiro atoms. The molecule has 2 aromatic carbocycles. The minimum Gasteiger partial charge on any atom is -0.497 e. The van der Waals surface area contributed by atoms with Crippen LogP contribution in [0.4, 0.5) is 0 Å². The maximum atomic E-state index is 10.2. The van der Waals surface area contributed by atoms with Gasteiger partial charge in [0.05, 0.1) is 13.2 Å². The second kappa shape index (κ2) is 7.58. The predicted octanol–water partition coefficient (Wildman–Crippen LogP) is 4.32. The summed E-state index contributed by atoms with van der Waals surface area (Å²) in [5.41, 5.74) is 2.09. The second-order valence-corrected chi connectivity index (χ2v) is 5.90. The van der Waals surface area contributed by atoms with Crippen LogP contribution in [0.5, 0.6) is 5.75 Å². The summed E-state index contributed by atoms with van der Waals surface area (Å²) in [7, 11) is 1.63. The van der Waals surface area contributed by atoms with Crippen LogP contribution in [-0.4, -0.2) is 18.0 Å². The van der Waals surface area contributed by atoms with Crippen molar-refractivity contribution in [2.24, 2.45) is 0 Å². The van der Waals surface area contributed by atoms with Gasteiger partial charge in [0.15, 0.2) is 0 Å². The number of hydrogen-bond donors (Lipinski definition) is 1. The fraction of sp³-hybridized carbons (Fsp3) is 0.250. The molecule has 2 aromatic rings. The lowest BCUT2D eigenvalue weighted by molar-refractivity contribution is 0.203. The first kappa shape index (κ1) is 15.2. The monoisotopic (exact) mass is 308 g/mol. The summed E-state index contributed by atoms with van der Waals surface area (Å²) in [5.74, 6) is 2.28. The van der Waals surface area contributed by atoms with Crippen molar-refractivity contribution in [3.8, 4) is 5.75 Å².